The molecule has 2 aromatic carbocycles. The van der Waals surface area contributed by atoms with E-state index in [-0.39, 0.29) is 5.91 Å². The molecule has 0 fully saturated rings. The molecule has 0 saturated heterocycles. The number of nitrogens with one attached hydrogen (secondary N) is 1. The Balaban J connectivity index is 1.85. The smallest absolute Gasteiger partial charge is 0.224 e. The van der Waals surface area contributed by atoms with Crippen molar-refractivity contribution in [2.75, 3.05) is 12.8 Å². The lowest BCUT2D eigenvalue weighted by Gasteiger charge is -2.07. The van der Waals surface area contributed by atoms with Crippen molar-refractivity contribution in [3.8, 4) is 5.75 Å². The summed E-state index contributed by atoms with van der Waals surface area (Å²) >= 11 is 0. The lowest BCUT2D eigenvalue weighted by molar-refractivity contribution is -0.120. The monoisotopic (exact) mass is 270 g/mol. The van der Waals surface area contributed by atoms with Crippen molar-refractivity contribution >= 4 is 11.6 Å². The Labute approximate surface area is 118 Å². The van der Waals surface area contributed by atoms with Crippen molar-refractivity contribution < 1.29 is 9.53 Å². The highest BCUT2D eigenvalue weighted by molar-refractivity contribution is 5.78. The molecule has 0 aliphatic heterocycles. The Bertz CT molecular complexity index is 579. The second kappa shape index (κ2) is 6.61. The largest absolute Gasteiger partial charge is 0.497 e. The summed E-state index contributed by atoms with van der Waals surface area (Å²) in [6, 6.07) is 15.0. The highest BCUT2D eigenvalue weighted by Gasteiger charge is 2.03. The highest BCUT2D eigenvalue weighted by Crippen LogP contribution is 2.11. The molecule has 0 saturated carbocycles. The molecule has 0 bridgehead atoms. The maximum Gasteiger partial charge on any atom is 0.224 e. The lowest BCUT2D eigenvalue weighted by atomic mass is 10.1. The average Bonchev–Trinajstić information content (AvgIpc) is 2.46. The Morgan fingerprint density at radius 3 is 2.55 bits per heavy atom. The summed E-state index contributed by atoms with van der Waals surface area (Å²) < 4.78 is 5.09. The molecule has 2 rings (SSSR count). The minimum absolute atomic E-state index is 0.0218. The van der Waals surface area contributed by atoms with Crippen molar-refractivity contribution in [1.82, 2.24) is 5.32 Å². The molecule has 0 aromatic heterocycles. The molecule has 2 aromatic rings. The molecule has 104 valence electrons. The van der Waals surface area contributed by atoms with Gasteiger partial charge in [0.2, 0.25) is 5.91 Å². The molecule has 1 amide bonds. The summed E-state index contributed by atoms with van der Waals surface area (Å²) in [5.41, 5.74) is 8.30. The van der Waals surface area contributed by atoms with Crippen LogP contribution in [0, 0.1) is 0 Å². The Morgan fingerprint density at radius 1 is 1.15 bits per heavy atom. The van der Waals surface area contributed by atoms with Gasteiger partial charge >= 0.3 is 0 Å². The van der Waals surface area contributed by atoms with Crippen molar-refractivity contribution in [3.63, 3.8) is 0 Å². The number of nitrogen functional groups attached to an aromatic ring is 1. The van der Waals surface area contributed by atoms with E-state index >= 15 is 0 Å². The van der Waals surface area contributed by atoms with E-state index in [1.807, 2.05) is 42.5 Å². The lowest BCUT2D eigenvalue weighted by Crippen LogP contribution is -2.24. The van der Waals surface area contributed by atoms with Crippen LogP contribution in [0.15, 0.2) is 48.5 Å². The van der Waals surface area contributed by atoms with E-state index in [4.69, 9.17) is 10.5 Å². The number of amides is 1. The average molecular weight is 270 g/mol. The number of nitrogens with two attached hydrogens (primary N) is 1. The molecule has 0 spiro atoms. The van der Waals surface area contributed by atoms with Gasteiger partial charge in [0.15, 0.2) is 0 Å². The van der Waals surface area contributed by atoms with Gasteiger partial charge in [0.1, 0.15) is 5.75 Å². The van der Waals surface area contributed by atoms with Gasteiger partial charge in [-0.2, -0.15) is 0 Å². The molecule has 20 heavy (non-hydrogen) atoms. The number of carbonyl (C=O) groups is 1. The summed E-state index contributed by atoms with van der Waals surface area (Å²) in [7, 11) is 1.63. The number of ether oxygens (including phenoxy) is 1. The topological polar surface area (TPSA) is 64.3 Å². The summed E-state index contributed by atoms with van der Waals surface area (Å²) in [5.74, 6) is 0.784. The number of anilines is 1. The number of benzene rings is 2. The SMILES string of the molecule is COc1ccc(CNC(=O)Cc2cccc(N)c2)cc1. The van der Waals surface area contributed by atoms with Gasteiger partial charge in [-0.15, -0.1) is 0 Å². The summed E-state index contributed by atoms with van der Waals surface area (Å²) in [4.78, 5) is 11.8. The van der Waals surface area contributed by atoms with E-state index < -0.39 is 0 Å². The number of hydrogen-bond acceptors (Lipinski definition) is 3. The highest BCUT2D eigenvalue weighted by atomic mass is 16.5. The third-order valence-electron chi connectivity index (χ3n) is 2.96. The van der Waals surface area contributed by atoms with E-state index in [0.717, 1.165) is 16.9 Å². The molecule has 0 unspecified atom stereocenters. The first kappa shape index (κ1) is 13.9. The first-order chi connectivity index (χ1) is 9.67. The van der Waals surface area contributed by atoms with Gasteiger partial charge in [-0.3, -0.25) is 4.79 Å². The van der Waals surface area contributed by atoms with Gasteiger partial charge in [-0.25, -0.2) is 0 Å². The fraction of sp³-hybridized carbons (Fsp3) is 0.188. The van der Waals surface area contributed by atoms with E-state index in [2.05, 4.69) is 5.32 Å². The molecule has 0 aliphatic carbocycles. The summed E-state index contributed by atoms with van der Waals surface area (Å²) in [5, 5.41) is 2.88. The molecule has 0 radical (unpaired) electrons. The first-order valence-electron chi connectivity index (χ1n) is 6.41. The van der Waals surface area contributed by atoms with Crippen LogP contribution in [0.4, 0.5) is 5.69 Å². The van der Waals surface area contributed by atoms with Crippen LogP contribution in [-0.2, 0) is 17.8 Å². The molecule has 4 heteroatoms. The minimum Gasteiger partial charge on any atom is -0.497 e. The standard InChI is InChI=1S/C16H18N2O2/c1-20-15-7-5-12(6-8-15)11-18-16(19)10-13-3-2-4-14(17)9-13/h2-9H,10-11,17H2,1H3,(H,18,19). The molecule has 3 N–H and O–H groups in total. The van der Waals surface area contributed by atoms with Crippen molar-refractivity contribution in [2.45, 2.75) is 13.0 Å². The third-order valence-corrected chi connectivity index (χ3v) is 2.96. The number of methoxy groups -OCH3 is 1. The Kier molecular flexibility index (Phi) is 4.60. The fourth-order valence-electron chi connectivity index (χ4n) is 1.90. The second-order valence-corrected chi connectivity index (χ2v) is 4.55. The van der Waals surface area contributed by atoms with Crippen molar-refractivity contribution in [3.05, 3.63) is 59.7 Å². The molecule has 4 nitrogen and oxygen atoms in total. The van der Waals surface area contributed by atoms with Gasteiger partial charge in [0.05, 0.1) is 13.5 Å². The summed E-state index contributed by atoms with van der Waals surface area (Å²) in [6.07, 6.45) is 0.335. The normalized spacial score (nSPS) is 10.1. The zero-order valence-corrected chi connectivity index (χ0v) is 11.4. The maximum absolute atomic E-state index is 11.8. The van der Waals surface area contributed by atoms with Gasteiger partial charge in [0.25, 0.3) is 0 Å². The number of hydrogen-bond donors (Lipinski definition) is 2. The van der Waals surface area contributed by atoms with Crippen LogP contribution < -0.4 is 15.8 Å². The van der Waals surface area contributed by atoms with E-state index in [0.29, 0.717) is 18.7 Å². The van der Waals surface area contributed by atoms with E-state index in [1.54, 1.807) is 13.2 Å². The van der Waals surface area contributed by atoms with E-state index in [1.165, 1.54) is 0 Å². The molecule has 0 atom stereocenters. The summed E-state index contributed by atoms with van der Waals surface area (Å²) in [6.45, 7) is 0.505. The number of rotatable bonds is 5. The Hall–Kier alpha value is -2.49. The predicted molar refractivity (Wildman–Crippen MR) is 79.4 cm³/mol. The quantitative estimate of drug-likeness (QED) is 0.818. The molecule has 0 aliphatic rings. The first-order valence-corrected chi connectivity index (χ1v) is 6.41. The van der Waals surface area contributed by atoms with Crippen LogP contribution in [0.2, 0.25) is 0 Å². The van der Waals surface area contributed by atoms with E-state index in [9.17, 15) is 4.79 Å². The minimum atomic E-state index is -0.0218. The zero-order chi connectivity index (χ0) is 14.4. The van der Waals surface area contributed by atoms with Gasteiger partial charge in [-0.1, -0.05) is 24.3 Å². The van der Waals surface area contributed by atoms with Crippen LogP contribution in [0.1, 0.15) is 11.1 Å². The van der Waals surface area contributed by atoms with Gasteiger partial charge in [-0.05, 0) is 35.4 Å². The fourth-order valence-corrected chi connectivity index (χ4v) is 1.90. The van der Waals surface area contributed by atoms with Crippen LogP contribution >= 0.6 is 0 Å². The van der Waals surface area contributed by atoms with Crippen LogP contribution in [0.3, 0.4) is 0 Å². The second-order valence-electron chi connectivity index (χ2n) is 4.55. The van der Waals surface area contributed by atoms with Crippen LogP contribution in [0.5, 0.6) is 5.75 Å². The van der Waals surface area contributed by atoms with Crippen LogP contribution in [0.25, 0.3) is 0 Å². The van der Waals surface area contributed by atoms with Gasteiger partial charge < -0.3 is 15.8 Å². The van der Waals surface area contributed by atoms with Crippen molar-refractivity contribution in [1.29, 1.82) is 0 Å². The molecular weight excluding hydrogens is 252 g/mol. The van der Waals surface area contributed by atoms with Crippen molar-refractivity contribution in [2.24, 2.45) is 0 Å². The molecule has 0 heterocycles. The Morgan fingerprint density at radius 2 is 1.90 bits per heavy atom. The van der Waals surface area contributed by atoms with Crippen LogP contribution in [-0.4, -0.2) is 13.0 Å². The zero-order valence-electron chi connectivity index (χ0n) is 11.4. The van der Waals surface area contributed by atoms with Gasteiger partial charge in [0, 0.05) is 12.2 Å². The number of carbonyl (C=O) groups excluding carboxylic acids is 1. The molecular formula is C16H18N2O2. The maximum atomic E-state index is 11.8. The predicted octanol–water partition coefficient (Wildman–Crippen LogP) is 2.14. The third kappa shape index (κ3) is 4.02.